The van der Waals surface area contributed by atoms with Gasteiger partial charge in [0.2, 0.25) is 5.91 Å². The lowest BCUT2D eigenvalue weighted by Crippen LogP contribution is -2.32. The highest BCUT2D eigenvalue weighted by Crippen LogP contribution is 2.21. The zero-order valence-corrected chi connectivity index (χ0v) is 16.3. The fourth-order valence-electron chi connectivity index (χ4n) is 3.68. The van der Waals surface area contributed by atoms with Gasteiger partial charge in [0.15, 0.2) is 0 Å². The van der Waals surface area contributed by atoms with Crippen molar-refractivity contribution in [3.05, 3.63) is 96.1 Å². The largest absolute Gasteiger partial charge is 0.345 e. The molecule has 1 unspecified atom stereocenters. The summed E-state index contributed by atoms with van der Waals surface area (Å²) in [7, 11) is 0. The second-order valence-electron chi connectivity index (χ2n) is 7.33. The van der Waals surface area contributed by atoms with Gasteiger partial charge in [-0.05, 0) is 29.8 Å². The van der Waals surface area contributed by atoms with Gasteiger partial charge >= 0.3 is 0 Å². The summed E-state index contributed by atoms with van der Waals surface area (Å²) < 4.78 is 0. The number of nitrogens with zero attached hydrogens (tertiary/aromatic N) is 2. The number of fused-ring (bicyclic) bond motifs is 2. The number of hydrogen-bond acceptors (Lipinski definition) is 3. The number of carbonyl (C=O) groups is 1. The highest BCUT2D eigenvalue weighted by Gasteiger charge is 2.21. The van der Waals surface area contributed by atoms with E-state index in [-0.39, 0.29) is 11.9 Å². The van der Waals surface area contributed by atoms with E-state index < -0.39 is 0 Å². The van der Waals surface area contributed by atoms with E-state index >= 15 is 0 Å². The zero-order chi connectivity index (χ0) is 20.3. The molecule has 3 aromatic carbocycles. The Morgan fingerprint density at radius 3 is 2.13 bits per heavy atom. The first kappa shape index (κ1) is 18.1. The average molecular weight is 395 g/mol. The number of nitrogens with one attached hydrogen (secondary N) is 3. The first-order chi connectivity index (χ1) is 14.7. The molecule has 6 heteroatoms. The summed E-state index contributed by atoms with van der Waals surface area (Å²) in [5.41, 5.74) is 4.68. The van der Waals surface area contributed by atoms with Gasteiger partial charge in [0, 0.05) is 6.42 Å². The van der Waals surface area contributed by atoms with Gasteiger partial charge in [-0.25, -0.2) is 9.97 Å². The van der Waals surface area contributed by atoms with Gasteiger partial charge in [-0.3, -0.25) is 4.79 Å². The molecule has 148 valence electrons. The molecule has 2 aromatic heterocycles. The third-order valence-corrected chi connectivity index (χ3v) is 5.12. The lowest BCUT2D eigenvalue weighted by Gasteiger charge is -2.16. The molecule has 6 nitrogen and oxygen atoms in total. The van der Waals surface area contributed by atoms with Crippen LogP contribution in [0.3, 0.4) is 0 Å². The molecule has 0 fully saturated rings. The van der Waals surface area contributed by atoms with E-state index in [0.29, 0.717) is 12.8 Å². The Hall–Kier alpha value is -3.93. The van der Waals surface area contributed by atoms with Gasteiger partial charge in [-0.15, -0.1) is 0 Å². The molecule has 0 spiro atoms. The summed E-state index contributed by atoms with van der Waals surface area (Å²) in [6.45, 7) is 0. The van der Waals surface area contributed by atoms with Crippen LogP contribution in [0.25, 0.3) is 22.1 Å². The number of carbonyl (C=O) groups excluding carboxylic acids is 1. The van der Waals surface area contributed by atoms with Crippen LogP contribution in [0.15, 0.2) is 78.9 Å². The van der Waals surface area contributed by atoms with Crippen LogP contribution >= 0.6 is 0 Å². The van der Waals surface area contributed by atoms with Crippen molar-refractivity contribution in [3.8, 4) is 0 Å². The molecule has 30 heavy (non-hydrogen) atoms. The highest BCUT2D eigenvalue weighted by atomic mass is 16.1. The lowest BCUT2D eigenvalue weighted by molar-refractivity contribution is -0.121. The third-order valence-electron chi connectivity index (χ3n) is 5.12. The van der Waals surface area contributed by atoms with Crippen molar-refractivity contribution in [1.29, 1.82) is 0 Å². The summed E-state index contributed by atoms with van der Waals surface area (Å²) in [6, 6.07) is 25.2. The van der Waals surface area contributed by atoms with E-state index in [1.54, 1.807) is 0 Å². The van der Waals surface area contributed by atoms with Crippen molar-refractivity contribution in [2.75, 3.05) is 0 Å². The summed E-state index contributed by atoms with van der Waals surface area (Å²) in [5, 5.41) is 3.14. The number of aromatic nitrogens is 4. The summed E-state index contributed by atoms with van der Waals surface area (Å²) >= 11 is 0. The van der Waals surface area contributed by atoms with Crippen molar-refractivity contribution in [3.63, 3.8) is 0 Å². The number of para-hydroxylation sites is 4. The summed E-state index contributed by atoms with van der Waals surface area (Å²) in [5.74, 6) is 1.47. The van der Waals surface area contributed by atoms with Gasteiger partial charge in [0.25, 0.3) is 0 Å². The van der Waals surface area contributed by atoms with Gasteiger partial charge in [-0.1, -0.05) is 54.6 Å². The molecule has 5 aromatic rings. The maximum absolute atomic E-state index is 12.8. The van der Waals surface area contributed by atoms with E-state index in [9.17, 15) is 4.79 Å². The van der Waals surface area contributed by atoms with Gasteiger partial charge in [0.05, 0.1) is 34.5 Å². The van der Waals surface area contributed by atoms with E-state index in [2.05, 4.69) is 20.3 Å². The first-order valence-corrected chi connectivity index (χ1v) is 9.96. The Morgan fingerprint density at radius 1 is 0.800 bits per heavy atom. The molecule has 3 N–H and O–H groups in total. The SMILES string of the molecule is O=C(Cc1ccccc1)NC(Cc1nc2ccccc2[nH]1)c1nc2ccccc2[nH]1. The topological polar surface area (TPSA) is 86.5 Å². The molecule has 0 radical (unpaired) electrons. The predicted octanol–water partition coefficient (Wildman–Crippen LogP) is 4.08. The molecular formula is C24H21N5O. The molecule has 1 amide bonds. The van der Waals surface area contributed by atoms with Gasteiger partial charge in [0.1, 0.15) is 11.6 Å². The van der Waals surface area contributed by atoms with Crippen molar-refractivity contribution in [2.45, 2.75) is 18.9 Å². The Kier molecular flexibility index (Phi) is 4.73. The first-order valence-electron chi connectivity index (χ1n) is 9.96. The van der Waals surface area contributed by atoms with E-state index in [0.717, 1.165) is 39.3 Å². The number of rotatable bonds is 6. The number of benzene rings is 3. The second-order valence-corrected chi connectivity index (χ2v) is 7.33. The van der Waals surface area contributed by atoms with Gasteiger partial charge < -0.3 is 15.3 Å². The molecule has 0 aliphatic rings. The smallest absolute Gasteiger partial charge is 0.225 e. The van der Waals surface area contributed by atoms with Crippen LogP contribution in [0.4, 0.5) is 0 Å². The Balaban J connectivity index is 1.44. The zero-order valence-electron chi connectivity index (χ0n) is 16.3. The predicted molar refractivity (Wildman–Crippen MR) is 117 cm³/mol. The van der Waals surface area contributed by atoms with E-state index in [1.807, 2.05) is 78.9 Å². The lowest BCUT2D eigenvalue weighted by atomic mass is 10.1. The number of H-pyrrole nitrogens is 2. The van der Waals surface area contributed by atoms with Crippen molar-refractivity contribution >= 4 is 28.0 Å². The van der Waals surface area contributed by atoms with Crippen LogP contribution in [0.5, 0.6) is 0 Å². The minimum Gasteiger partial charge on any atom is -0.345 e. The minimum atomic E-state index is -0.325. The number of hydrogen-bond donors (Lipinski definition) is 3. The molecular weight excluding hydrogens is 374 g/mol. The quantitative estimate of drug-likeness (QED) is 0.405. The molecule has 2 heterocycles. The van der Waals surface area contributed by atoms with E-state index in [4.69, 9.17) is 4.98 Å². The maximum atomic E-state index is 12.8. The van der Waals surface area contributed by atoms with Crippen molar-refractivity contribution < 1.29 is 4.79 Å². The number of aromatic amines is 2. The summed E-state index contributed by atoms with van der Waals surface area (Å²) in [6.07, 6.45) is 0.826. The summed E-state index contributed by atoms with van der Waals surface area (Å²) in [4.78, 5) is 28.9. The molecule has 0 saturated carbocycles. The minimum absolute atomic E-state index is 0.0530. The van der Waals surface area contributed by atoms with Crippen LogP contribution in [0.1, 0.15) is 23.3 Å². The standard InChI is InChI=1S/C24H21N5O/c30-23(14-16-8-2-1-3-9-16)27-21(24-28-19-12-6-7-13-20(19)29-24)15-22-25-17-10-4-5-11-18(17)26-22/h1-13,21H,14-15H2,(H,25,26)(H,27,30)(H,28,29). The van der Waals surface area contributed by atoms with Crippen LogP contribution < -0.4 is 5.32 Å². The van der Waals surface area contributed by atoms with Crippen LogP contribution in [0, 0.1) is 0 Å². The molecule has 0 aliphatic heterocycles. The van der Waals surface area contributed by atoms with Crippen molar-refractivity contribution in [2.24, 2.45) is 0 Å². The van der Waals surface area contributed by atoms with Gasteiger partial charge in [-0.2, -0.15) is 0 Å². The molecule has 0 aliphatic carbocycles. The fraction of sp³-hybridized carbons (Fsp3) is 0.125. The molecule has 5 rings (SSSR count). The number of imidazole rings is 2. The Labute approximate surface area is 173 Å². The maximum Gasteiger partial charge on any atom is 0.225 e. The molecule has 0 bridgehead atoms. The monoisotopic (exact) mass is 395 g/mol. The Bertz CT molecular complexity index is 1240. The fourth-order valence-corrected chi connectivity index (χ4v) is 3.68. The third kappa shape index (κ3) is 3.80. The highest BCUT2D eigenvalue weighted by molar-refractivity contribution is 5.80. The number of amides is 1. The van der Waals surface area contributed by atoms with Crippen LogP contribution in [-0.4, -0.2) is 25.8 Å². The average Bonchev–Trinajstić information content (AvgIpc) is 3.37. The molecule has 0 saturated heterocycles. The Morgan fingerprint density at radius 2 is 1.43 bits per heavy atom. The van der Waals surface area contributed by atoms with Crippen LogP contribution in [0.2, 0.25) is 0 Å². The van der Waals surface area contributed by atoms with Crippen LogP contribution in [-0.2, 0) is 17.6 Å². The van der Waals surface area contributed by atoms with Crippen molar-refractivity contribution in [1.82, 2.24) is 25.3 Å². The second kappa shape index (κ2) is 7.83. The van der Waals surface area contributed by atoms with E-state index in [1.165, 1.54) is 0 Å². The normalized spacial score (nSPS) is 12.3. The molecule has 1 atom stereocenters.